The number of rotatable bonds is 1. The highest BCUT2D eigenvalue weighted by Gasteiger charge is 2.41. The second-order valence-corrected chi connectivity index (χ2v) is 4.75. The van der Waals surface area contributed by atoms with Gasteiger partial charge >= 0.3 is 6.03 Å². The zero-order valence-electron chi connectivity index (χ0n) is 9.75. The third-order valence-corrected chi connectivity index (χ3v) is 3.90. The van der Waals surface area contributed by atoms with Crippen molar-refractivity contribution < 1.29 is 4.79 Å². The third-order valence-electron chi connectivity index (χ3n) is 3.90. The minimum atomic E-state index is -0.576. The van der Waals surface area contributed by atoms with Crippen LogP contribution < -0.4 is 11.2 Å². The van der Waals surface area contributed by atoms with Gasteiger partial charge in [0.05, 0.1) is 0 Å². The summed E-state index contributed by atoms with van der Waals surface area (Å²) in [5.74, 6) is 0. The lowest BCUT2D eigenvalue weighted by Crippen LogP contribution is -2.35. The second kappa shape index (κ2) is 4.28. The number of carbonyl (C=O) groups excluding carboxylic acids is 1. The van der Waals surface area contributed by atoms with Gasteiger partial charge in [-0.15, -0.1) is 0 Å². The summed E-state index contributed by atoms with van der Waals surface area (Å²) in [6.07, 6.45) is 9.10. The minimum absolute atomic E-state index is 0.126. The van der Waals surface area contributed by atoms with Gasteiger partial charge < -0.3 is 5.73 Å². The number of hydrazone groups is 1. The van der Waals surface area contributed by atoms with Crippen LogP contribution in [0.5, 0.6) is 0 Å². The van der Waals surface area contributed by atoms with E-state index < -0.39 is 6.03 Å². The van der Waals surface area contributed by atoms with Crippen LogP contribution in [-0.2, 0) is 0 Å². The average Bonchev–Trinajstić information content (AvgIpc) is 2.71. The fourth-order valence-electron chi connectivity index (χ4n) is 3.03. The lowest BCUT2D eigenvalue weighted by molar-refractivity contribution is 0.249. The largest absolute Gasteiger partial charge is 0.350 e. The first kappa shape index (κ1) is 11.2. The van der Waals surface area contributed by atoms with Crippen molar-refractivity contribution in [1.82, 2.24) is 5.43 Å². The highest BCUT2D eigenvalue weighted by molar-refractivity contribution is 5.94. The predicted molar refractivity (Wildman–Crippen MR) is 64.0 cm³/mol. The van der Waals surface area contributed by atoms with Gasteiger partial charge in [0.25, 0.3) is 0 Å². The number of allylic oxidation sites excluding steroid dienone is 2. The number of nitrogens with two attached hydrogens (primary N) is 1. The van der Waals surface area contributed by atoms with E-state index in [1.807, 2.05) is 0 Å². The lowest BCUT2D eigenvalue weighted by atomic mass is 9.70. The first-order valence-corrected chi connectivity index (χ1v) is 5.95. The minimum Gasteiger partial charge on any atom is -0.350 e. The van der Waals surface area contributed by atoms with Crippen molar-refractivity contribution in [3.8, 4) is 0 Å². The van der Waals surface area contributed by atoms with Gasteiger partial charge in [-0.05, 0) is 32.6 Å². The molecule has 88 valence electrons. The Kier molecular flexibility index (Phi) is 2.99. The Morgan fingerprint density at radius 3 is 2.81 bits per heavy atom. The van der Waals surface area contributed by atoms with E-state index in [2.05, 4.69) is 23.5 Å². The standard InChI is InChI=1S/C12H19N3O/c1-9-5-4-6-10(14-15-11(13)16)12(9)7-2-3-8-12/h5H,2-4,6-8H2,1H3,(H3,13,15,16)/b14-10+. The zero-order chi connectivity index (χ0) is 11.6. The third kappa shape index (κ3) is 1.84. The molecule has 0 atom stereocenters. The van der Waals surface area contributed by atoms with Gasteiger partial charge in [0.1, 0.15) is 0 Å². The van der Waals surface area contributed by atoms with Gasteiger partial charge in [-0.1, -0.05) is 24.5 Å². The van der Waals surface area contributed by atoms with E-state index in [1.165, 1.54) is 18.4 Å². The van der Waals surface area contributed by atoms with E-state index in [0.717, 1.165) is 31.4 Å². The Bertz CT molecular complexity index is 351. The van der Waals surface area contributed by atoms with Crippen molar-refractivity contribution >= 4 is 11.7 Å². The van der Waals surface area contributed by atoms with Crippen molar-refractivity contribution in [3.05, 3.63) is 11.6 Å². The molecule has 16 heavy (non-hydrogen) atoms. The van der Waals surface area contributed by atoms with Gasteiger partial charge in [0.2, 0.25) is 0 Å². The molecule has 0 saturated heterocycles. The molecule has 0 radical (unpaired) electrons. The fraction of sp³-hybridized carbons (Fsp3) is 0.667. The maximum Gasteiger partial charge on any atom is 0.332 e. The molecule has 2 rings (SSSR count). The van der Waals surface area contributed by atoms with E-state index in [0.29, 0.717) is 0 Å². The summed E-state index contributed by atoms with van der Waals surface area (Å²) < 4.78 is 0. The average molecular weight is 221 g/mol. The number of hydrogen-bond donors (Lipinski definition) is 2. The van der Waals surface area contributed by atoms with Crippen LogP contribution >= 0.6 is 0 Å². The number of nitrogens with zero attached hydrogens (tertiary/aromatic N) is 1. The molecule has 0 aliphatic heterocycles. The van der Waals surface area contributed by atoms with Gasteiger partial charge in [-0.3, -0.25) is 0 Å². The van der Waals surface area contributed by atoms with E-state index >= 15 is 0 Å². The summed E-state index contributed by atoms with van der Waals surface area (Å²) >= 11 is 0. The lowest BCUT2D eigenvalue weighted by Gasteiger charge is -2.35. The Morgan fingerprint density at radius 2 is 2.19 bits per heavy atom. The Balaban J connectivity index is 2.27. The fourth-order valence-corrected chi connectivity index (χ4v) is 3.03. The Labute approximate surface area is 96.0 Å². The SMILES string of the molecule is CC1=CCC/C(=N\NC(N)=O)C12CCCC2. The van der Waals surface area contributed by atoms with Gasteiger partial charge in [0, 0.05) is 11.1 Å². The Morgan fingerprint density at radius 1 is 1.50 bits per heavy atom. The first-order chi connectivity index (χ1) is 7.65. The first-order valence-electron chi connectivity index (χ1n) is 5.95. The molecule has 0 heterocycles. The molecule has 1 spiro atoms. The molecule has 2 aliphatic rings. The predicted octanol–water partition coefficient (Wildman–Crippen LogP) is 2.31. The van der Waals surface area contributed by atoms with E-state index in [9.17, 15) is 4.79 Å². The summed E-state index contributed by atoms with van der Waals surface area (Å²) in [4.78, 5) is 10.7. The topological polar surface area (TPSA) is 67.5 Å². The quantitative estimate of drug-likeness (QED) is 0.518. The van der Waals surface area contributed by atoms with Crippen LogP contribution in [0.25, 0.3) is 0 Å². The molecular formula is C12H19N3O. The van der Waals surface area contributed by atoms with Crippen LogP contribution in [0.4, 0.5) is 4.79 Å². The highest BCUT2D eigenvalue weighted by atomic mass is 16.2. The van der Waals surface area contributed by atoms with Crippen molar-refractivity contribution in [2.45, 2.75) is 45.4 Å². The summed E-state index contributed by atoms with van der Waals surface area (Å²) in [6, 6.07) is -0.576. The smallest absolute Gasteiger partial charge is 0.332 e. The number of nitrogens with one attached hydrogen (secondary N) is 1. The summed E-state index contributed by atoms with van der Waals surface area (Å²) in [6.45, 7) is 2.18. The molecule has 0 aromatic carbocycles. The number of urea groups is 1. The number of hydrogen-bond acceptors (Lipinski definition) is 2. The zero-order valence-corrected chi connectivity index (χ0v) is 9.75. The van der Waals surface area contributed by atoms with Crippen LogP contribution in [-0.4, -0.2) is 11.7 Å². The second-order valence-electron chi connectivity index (χ2n) is 4.75. The van der Waals surface area contributed by atoms with Crippen LogP contribution in [0.2, 0.25) is 0 Å². The van der Waals surface area contributed by atoms with E-state index in [4.69, 9.17) is 5.73 Å². The molecule has 0 aromatic rings. The molecule has 2 aliphatic carbocycles. The van der Waals surface area contributed by atoms with Crippen molar-refractivity contribution in [3.63, 3.8) is 0 Å². The van der Waals surface area contributed by atoms with Crippen LogP contribution in [0.15, 0.2) is 16.8 Å². The molecule has 1 saturated carbocycles. The molecule has 0 unspecified atom stereocenters. The van der Waals surface area contributed by atoms with Crippen LogP contribution in [0.1, 0.15) is 45.4 Å². The van der Waals surface area contributed by atoms with E-state index in [1.54, 1.807) is 0 Å². The summed E-state index contributed by atoms with van der Waals surface area (Å²) in [5, 5.41) is 4.22. The molecule has 0 aromatic heterocycles. The van der Waals surface area contributed by atoms with Gasteiger partial charge in [-0.25, -0.2) is 10.2 Å². The summed E-state index contributed by atoms with van der Waals surface area (Å²) in [5.41, 5.74) is 10.1. The maximum atomic E-state index is 10.7. The molecule has 0 bridgehead atoms. The monoisotopic (exact) mass is 221 g/mol. The molecule has 4 heteroatoms. The number of amides is 2. The normalized spacial score (nSPS) is 25.8. The number of carbonyl (C=O) groups is 1. The Hall–Kier alpha value is -1.32. The number of primary amides is 1. The van der Waals surface area contributed by atoms with E-state index in [-0.39, 0.29) is 5.41 Å². The molecule has 1 fully saturated rings. The molecule has 3 N–H and O–H groups in total. The van der Waals surface area contributed by atoms with Gasteiger partial charge in [0.15, 0.2) is 0 Å². The van der Waals surface area contributed by atoms with Gasteiger partial charge in [-0.2, -0.15) is 5.10 Å². The van der Waals surface area contributed by atoms with Crippen molar-refractivity contribution in [2.75, 3.05) is 0 Å². The van der Waals surface area contributed by atoms with Crippen molar-refractivity contribution in [2.24, 2.45) is 16.3 Å². The maximum absolute atomic E-state index is 10.7. The molecule has 4 nitrogen and oxygen atoms in total. The summed E-state index contributed by atoms with van der Waals surface area (Å²) in [7, 11) is 0. The molecular weight excluding hydrogens is 202 g/mol. The van der Waals surface area contributed by atoms with Crippen LogP contribution in [0, 0.1) is 5.41 Å². The highest BCUT2D eigenvalue weighted by Crippen LogP contribution is 2.48. The molecule has 2 amide bonds. The van der Waals surface area contributed by atoms with Crippen molar-refractivity contribution in [1.29, 1.82) is 0 Å². The van der Waals surface area contributed by atoms with Crippen LogP contribution in [0.3, 0.4) is 0 Å².